The highest BCUT2D eigenvalue weighted by Gasteiger charge is 2.20. The van der Waals surface area contributed by atoms with E-state index < -0.39 is 17.7 Å². The molecule has 0 amide bonds. The van der Waals surface area contributed by atoms with Crippen LogP contribution in [0.5, 0.6) is 0 Å². The van der Waals surface area contributed by atoms with Gasteiger partial charge in [0.1, 0.15) is 11.6 Å². The number of hydrogen-bond donors (Lipinski definition) is 2. The molecule has 1 saturated carbocycles. The van der Waals surface area contributed by atoms with Crippen LogP contribution in [0.15, 0.2) is 18.2 Å². The van der Waals surface area contributed by atoms with Gasteiger partial charge in [-0.25, -0.2) is 8.78 Å². The lowest BCUT2D eigenvalue weighted by Crippen LogP contribution is -2.31. The van der Waals surface area contributed by atoms with E-state index in [0.717, 1.165) is 25.0 Å². The summed E-state index contributed by atoms with van der Waals surface area (Å²) in [6.45, 7) is 0.197. The number of benzene rings is 1. The second kappa shape index (κ2) is 5.56. The van der Waals surface area contributed by atoms with Gasteiger partial charge in [-0.2, -0.15) is 0 Å². The molecule has 0 radical (unpaired) electrons. The molecule has 1 aliphatic rings. The zero-order valence-electron chi connectivity index (χ0n) is 9.63. The Morgan fingerprint density at radius 1 is 1.24 bits per heavy atom. The van der Waals surface area contributed by atoms with Crippen LogP contribution in [0.4, 0.5) is 8.78 Å². The minimum Gasteiger partial charge on any atom is -0.387 e. The van der Waals surface area contributed by atoms with Crippen LogP contribution in [0.1, 0.15) is 37.4 Å². The molecule has 0 heterocycles. The normalized spacial score (nSPS) is 18.5. The quantitative estimate of drug-likeness (QED) is 0.849. The molecule has 1 atom stereocenters. The molecule has 0 bridgehead atoms. The van der Waals surface area contributed by atoms with E-state index in [4.69, 9.17) is 0 Å². The van der Waals surface area contributed by atoms with Crippen molar-refractivity contribution in [3.8, 4) is 0 Å². The first kappa shape index (κ1) is 12.5. The van der Waals surface area contributed by atoms with Gasteiger partial charge in [0.05, 0.1) is 11.7 Å². The van der Waals surface area contributed by atoms with Crippen LogP contribution in [0.2, 0.25) is 0 Å². The number of hydrogen-bond acceptors (Lipinski definition) is 2. The minimum atomic E-state index is -1.13. The fraction of sp³-hybridized carbons (Fsp3) is 0.538. The molecule has 17 heavy (non-hydrogen) atoms. The lowest BCUT2D eigenvalue weighted by atomic mass is 10.1. The molecule has 2 rings (SSSR count). The van der Waals surface area contributed by atoms with Gasteiger partial charge >= 0.3 is 0 Å². The Balaban J connectivity index is 1.96. The monoisotopic (exact) mass is 241 g/mol. The summed E-state index contributed by atoms with van der Waals surface area (Å²) in [6.07, 6.45) is 3.39. The minimum absolute atomic E-state index is 0.197. The van der Waals surface area contributed by atoms with Gasteiger partial charge in [0, 0.05) is 12.6 Å². The van der Waals surface area contributed by atoms with Crippen molar-refractivity contribution >= 4 is 0 Å². The Hall–Kier alpha value is -1.00. The average Bonchev–Trinajstić information content (AvgIpc) is 2.79. The van der Waals surface area contributed by atoms with E-state index >= 15 is 0 Å². The van der Waals surface area contributed by atoms with Gasteiger partial charge in [0.25, 0.3) is 0 Å². The molecule has 1 unspecified atom stereocenters. The summed E-state index contributed by atoms with van der Waals surface area (Å²) in [4.78, 5) is 0. The van der Waals surface area contributed by atoms with Crippen molar-refractivity contribution in [2.45, 2.75) is 37.8 Å². The summed E-state index contributed by atoms with van der Waals surface area (Å²) in [5.41, 5.74) is -0.238. The molecule has 2 N–H and O–H groups in total. The molecule has 1 fully saturated rings. The Bertz CT molecular complexity index is 357. The van der Waals surface area contributed by atoms with Crippen LogP contribution < -0.4 is 5.32 Å². The van der Waals surface area contributed by atoms with Gasteiger partial charge < -0.3 is 10.4 Å². The van der Waals surface area contributed by atoms with Gasteiger partial charge in [-0.3, -0.25) is 0 Å². The van der Waals surface area contributed by atoms with Crippen molar-refractivity contribution in [3.05, 3.63) is 35.4 Å². The molecule has 1 aromatic rings. The number of rotatable bonds is 4. The molecular weight excluding hydrogens is 224 g/mol. The van der Waals surface area contributed by atoms with E-state index in [9.17, 15) is 13.9 Å². The zero-order valence-corrected chi connectivity index (χ0v) is 9.63. The molecule has 2 nitrogen and oxygen atoms in total. The van der Waals surface area contributed by atoms with Gasteiger partial charge in [-0.1, -0.05) is 18.9 Å². The van der Waals surface area contributed by atoms with Crippen molar-refractivity contribution in [1.29, 1.82) is 0 Å². The topological polar surface area (TPSA) is 32.3 Å². The molecule has 0 spiro atoms. The van der Waals surface area contributed by atoms with E-state index in [1.165, 1.54) is 18.9 Å². The summed E-state index contributed by atoms with van der Waals surface area (Å²) in [5.74, 6) is -1.38. The number of aliphatic hydroxyl groups is 1. The smallest absolute Gasteiger partial charge is 0.131 e. The lowest BCUT2D eigenvalue weighted by Gasteiger charge is -2.17. The third kappa shape index (κ3) is 3.01. The third-order valence-electron chi connectivity index (χ3n) is 3.29. The maximum atomic E-state index is 13.4. The Labute approximate surface area is 99.7 Å². The number of nitrogens with one attached hydrogen (secondary N) is 1. The summed E-state index contributed by atoms with van der Waals surface area (Å²) in [7, 11) is 0. The van der Waals surface area contributed by atoms with Crippen LogP contribution in [0.25, 0.3) is 0 Å². The average molecular weight is 241 g/mol. The fourth-order valence-electron chi connectivity index (χ4n) is 2.34. The summed E-state index contributed by atoms with van der Waals surface area (Å²) >= 11 is 0. The maximum Gasteiger partial charge on any atom is 0.131 e. The first-order chi connectivity index (χ1) is 8.18. The number of aliphatic hydroxyl groups excluding tert-OH is 1. The summed E-state index contributed by atoms with van der Waals surface area (Å²) in [5, 5.41) is 13.0. The van der Waals surface area contributed by atoms with Crippen molar-refractivity contribution < 1.29 is 13.9 Å². The molecule has 0 aromatic heterocycles. The van der Waals surface area contributed by atoms with Crippen LogP contribution in [-0.4, -0.2) is 17.7 Å². The predicted molar refractivity (Wildman–Crippen MR) is 61.6 cm³/mol. The molecular formula is C13H17F2NO. The van der Waals surface area contributed by atoms with Crippen LogP contribution in [0.3, 0.4) is 0 Å². The highest BCUT2D eigenvalue weighted by atomic mass is 19.1. The summed E-state index contributed by atoms with van der Waals surface area (Å²) in [6, 6.07) is 4.00. The predicted octanol–water partition coefficient (Wildman–Crippen LogP) is 2.53. The Kier molecular flexibility index (Phi) is 4.07. The standard InChI is InChI=1S/C13H17F2NO/c14-10-6-3-7-11(15)13(10)12(17)8-16-9-4-1-2-5-9/h3,6-7,9,12,16-17H,1-2,4-5,8H2. The highest BCUT2D eigenvalue weighted by molar-refractivity contribution is 5.22. The van der Waals surface area contributed by atoms with Crippen LogP contribution in [0, 0.1) is 11.6 Å². The van der Waals surface area contributed by atoms with Crippen molar-refractivity contribution in [1.82, 2.24) is 5.32 Å². The molecule has 4 heteroatoms. The summed E-state index contributed by atoms with van der Waals surface area (Å²) < 4.78 is 26.7. The van der Waals surface area contributed by atoms with Crippen molar-refractivity contribution in [3.63, 3.8) is 0 Å². The Morgan fingerprint density at radius 3 is 2.41 bits per heavy atom. The first-order valence-electron chi connectivity index (χ1n) is 6.04. The SMILES string of the molecule is OC(CNC1CCCC1)c1c(F)cccc1F. The molecule has 1 aliphatic carbocycles. The van der Waals surface area contributed by atoms with E-state index in [1.54, 1.807) is 0 Å². The van der Waals surface area contributed by atoms with Gasteiger partial charge in [0.15, 0.2) is 0 Å². The number of halogens is 2. The van der Waals surface area contributed by atoms with Crippen LogP contribution in [-0.2, 0) is 0 Å². The van der Waals surface area contributed by atoms with Crippen molar-refractivity contribution in [2.75, 3.05) is 6.54 Å². The second-order valence-electron chi connectivity index (χ2n) is 4.54. The maximum absolute atomic E-state index is 13.4. The van der Waals surface area contributed by atoms with Crippen molar-refractivity contribution in [2.24, 2.45) is 0 Å². The lowest BCUT2D eigenvalue weighted by molar-refractivity contribution is 0.160. The highest BCUT2D eigenvalue weighted by Crippen LogP contribution is 2.22. The second-order valence-corrected chi connectivity index (χ2v) is 4.54. The van der Waals surface area contributed by atoms with E-state index in [1.807, 2.05) is 0 Å². The molecule has 1 aromatic carbocycles. The third-order valence-corrected chi connectivity index (χ3v) is 3.29. The molecule has 0 aliphatic heterocycles. The van der Waals surface area contributed by atoms with Crippen LogP contribution >= 0.6 is 0 Å². The van der Waals surface area contributed by atoms with Gasteiger partial charge in [-0.05, 0) is 25.0 Å². The first-order valence-corrected chi connectivity index (χ1v) is 6.04. The van der Waals surface area contributed by atoms with E-state index in [-0.39, 0.29) is 12.1 Å². The van der Waals surface area contributed by atoms with E-state index in [0.29, 0.717) is 6.04 Å². The van der Waals surface area contributed by atoms with E-state index in [2.05, 4.69) is 5.32 Å². The van der Waals surface area contributed by atoms with Gasteiger partial charge in [-0.15, -0.1) is 0 Å². The van der Waals surface area contributed by atoms with Gasteiger partial charge in [0.2, 0.25) is 0 Å². The molecule has 94 valence electrons. The zero-order chi connectivity index (χ0) is 12.3. The largest absolute Gasteiger partial charge is 0.387 e. The Morgan fingerprint density at radius 2 is 1.82 bits per heavy atom. The fourth-order valence-corrected chi connectivity index (χ4v) is 2.34. The molecule has 0 saturated heterocycles.